The van der Waals surface area contributed by atoms with E-state index in [9.17, 15) is 4.79 Å². The minimum atomic E-state index is 0.0741. The quantitative estimate of drug-likeness (QED) is 0.812. The van der Waals surface area contributed by atoms with Crippen molar-refractivity contribution in [2.75, 3.05) is 11.9 Å². The molecule has 0 atom stereocenters. The largest absolute Gasteiger partial charge is 0.368 e. The number of hydrogen-bond donors (Lipinski definition) is 2. The van der Waals surface area contributed by atoms with Crippen molar-refractivity contribution in [2.24, 2.45) is 0 Å². The molecule has 1 aromatic heterocycles. The second-order valence-electron chi connectivity index (χ2n) is 3.75. The summed E-state index contributed by atoms with van der Waals surface area (Å²) in [6, 6.07) is 0.415. The van der Waals surface area contributed by atoms with Gasteiger partial charge in [-0.25, -0.2) is 4.98 Å². The summed E-state index contributed by atoms with van der Waals surface area (Å²) in [5.41, 5.74) is 0. The number of nitrogens with one attached hydrogen (secondary N) is 2. The van der Waals surface area contributed by atoms with E-state index >= 15 is 0 Å². The third kappa shape index (κ3) is 3.66. The van der Waals surface area contributed by atoms with Gasteiger partial charge in [0.2, 0.25) is 5.91 Å². The van der Waals surface area contributed by atoms with Gasteiger partial charge in [-0.05, 0) is 12.8 Å². The number of amides is 1. The Bertz CT molecular complexity index is 381. The van der Waals surface area contributed by atoms with E-state index in [1.165, 1.54) is 6.20 Å². The molecule has 0 saturated heterocycles. The predicted molar refractivity (Wildman–Crippen MR) is 61.3 cm³/mol. The Morgan fingerprint density at radius 3 is 3.00 bits per heavy atom. The summed E-state index contributed by atoms with van der Waals surface area (Å²) < 4.78 is 0. The van der Waals surface area contributed by atoms with E-state index in [2.05, 4.69) is 20.6 Å². The third-order valence-electron chi connectivity index (χ3n) is 2.21. The second-order valence-corrected chi connectivity index (χ2v) is 4.13. The van der Waals surface area contributed by atoms with E-state index in [4.69, 9.17) is 11.6 Å². The van der Waals surface area contributed by atoms with Crippen LogP contribution in [0.2, 0.25) is 5.15 Å². The first-order valence-corrected chi connectivity index (χ1v) is 5.62. The molecule has 6 heteroatoms. The number of halogens is 1. The summed E-state index contributed by atoms with van der Waals surface area (Å²) in [5, 5.41) is 6.24. The first-order valence-electron chi connectivity index (χ1n) is 5.25. The van der Waals surface area contributed by atoms with Gasteiger partial charge in [-0.3, -0.25) is 9.78 Å². The van der Waals surface area contributed by atoms with Gasteiger partial charge in [0.1, 0.15) is 11.0 Å². The Labute approximate surface area is 98.6 Å². The van der Waals surface area contributed by atoms with Crippen LogP contribution in [0.25, 0.3) is 0 Å². The first-order chi connectivity index (χ1) is 7.74. The van der Waals surface area contributed by atoms with Crippen molar-refractivity contribution in [1.29, 1.82) is 0 Å². The summed E-state index contributed by atoms with van der Waals surface area (Å²) in [4.78, 5) is 19.2. The molecule has 5 nitrogen and oxygen atoms in total. The molecule has 0 aliphatic heterocycles. The van der Waals surface area contributed by atoms with Crippen molar-refractivity contribution in [3.8, 4) is 0 Å². The van der Waals surface area contributed by atoms with Crippen LogP contribution in [0.4, 0.5) is 5.82 Å². The highest BCUT2D eigenvalue weighted by Gasteiger charge is 2.22. The maximum atomic E-state index is 11.3. The van der Waals surface area contributed by atoms with Gasteiger partial charge in [0.25, 0.3) is 0 Å². The molecule has 0 aromatic carbocycles. The van der Waals surface area contributed by atoms with E-state index in [1.54, 1.807) is 6.20 Å². The minimum Gasteiger partial charge on any atom is -0.368 e. The number of aromatic nitrogens is 2. The fourth-order valence-corrected chi connectivity index (χ4v) is 1.41. The molecule has 1 amide bonds. The van der Waals surface area contributed by atoms with Crippen LogP contribution in [-0.4, -0.2) is 28.5 Å². The fraction of sp³-hybridized carbons (Fsp3) is 0.500. The fourth-order valence-electron chi connectivity index (χ4n) is 1.26. The average Bonchev–Trinajstić information content (AvgIpc) is 3.02. The number of anilines is 1. The monoisotopic (exact) mass is 240 g/mol. The smallest absolute Gasteiger partial charge is 0.221 e. The van der Waals surface area contributed by atoms with E-state index in [0.717, 1.165) is 12.8 Å². The molecule has 0 bridgehead atoms. The zero-order chi connectivity index (χ0) is 11.4. The maximum Gasteiger partial charge on any atom is 0.221 e. The Kier molecular flexibility index (Phi) is 3.56. The van der Waals surface area contributed by atoms with Crippen LogP contribution < -0.4 is 10.6 Å². The molecule has 1 saturated carbocycles. The number of hydrogen-bond acceptors (Lipinski definition) is 4. The molecule has 1 fully saturated rings. The Hall–Kier alpha value is -1.36. The first kappa shape index (κ1) is 11.1. The zero-order valence-electron chi connectivity index (χ0n) is 8.74. The molecule has 86 valence electrons. The Morgan fingerprint density at radius 2 is 2.31 bits per heavy atom. The highest BCUT2D eigenvalue weighted by Crippen LogP contribution is 2.18. The highest BCUT2D eigenvalue weighted by atomic mass is 35.5. The third-order valence-corrected chi connectivity index (χ3v) is 2.39. The van der Waals surface area contributed by atoms with E-state index < -0.39 is 0 Å². The molecular weight excluding hydrogens is 228 g/mol. The van der Waals surface area contributed by atoms with Crippen LogP contribution in [0.5, 0.6) is 0 Å². The van der Waals surface area contributed by atoms with Gasteiger partial charge in [-0.2, -0.15) is 0 Å². The Morgan fingerprint density at radius 1 is 1.50 bits per heavy atom. The van der Waals surface area contributed by atoms with Gasteiger partial charge in [-0.1, -0.05) is 11.6 Å². The molecular formula is C10H13ClN4O. The summed E-state index contributed by atoms with van der Waals surface area (Å²) in [6.07, 6.45) is 5.69. The number of carbonyl (C=O) groups is 1. The van der Waals surface area contributed by atoms with Crippen molar-refractivity contribution in [3.63, 3.8) is 0 Å². The van der Waals surface area contributed by atoms with Crippen LogP contribution in [0.15, 0.2) is 12.4 Å². The average molecular weight is 241 g/mol. The van der Waals surface area contributed by atoms with Crippen molar-refractivity contribution in [2.45, 2.75) is 25.3 Å². The van der Waals surface area contributed by atoms with Crippen LogP contribution in [-0.2, 0) is 4.79 Å². The van der Waals surface area contributed by atoms with E-state index in [1.807, 2.05) is 0 Å². The van der Waals surface area contributed by atoms with Gasteiger partial charge in [-0.15, -0.1) is 0 Å². The number of rotatable bonds is 5. The summed E-state index contributed by atoms with van der Waals surface area (Å²) in [5.74, 6) is 0.664. The van der Waals surface area contributed by atoms with Gasteiger partial charge < -0.3 is 10.6 Å². The maximum absolute atomic E-state index is 11.3. The topological polar surface area (TPSA) is 66.9 Å². The molecule has 2 N–H and O–H groups in total. The molecule has 1 heterocycles. The molecule has 16 heavy (non-hydrogen) atoms. The number of carbonyl (C=O) groups excluding carboxylic acids is 1. The van der Waals surface area contributed by atoms with Gasteiger partial charge in [0.15, 0.2) is 0 Å². The molecule has 0 spiro atoms. The zero-order valence-corrected chi connectivity index (χ0v) is 9.50. The lowest BCUT2D eigenvalue weighted by molar-refractivity contribution is -0.120. The molecule has 0 radical (unpaired) electrons. The summed E-state index contributed by atoms with van der Waals surface area (Å²) in [7, 11) is 0. The van der Waals surface area contributed by atoms with Crippen molar-refractivity contribution >= 4 is 23.3 Å². The lowest BCUT2D eigenvalue weighted by Gasteiger charge is -2.05. The van der Waals surface area contributed by atoms with E-state index in [0.29, 0.717) is 30.0 Å². The van der Waals surface area contributed by atoms with Gasteiger partial charge in [0.05, 0.1) is 12.4 Å². The molecule has 1 aromatic rings. The number of nitrogens with zero attached hydrogens (tertiary/aromatic N) is 2. The van der Waals surface area contributed by atoms with E-state index in [-0.39, 0.29) is 5.91 Å². The summed E-state index contributed by atoms with van der Waals surface area (Å²) in [6.45, 7) is 0.535. The van der Waals surface area contributed by atoms with Crippen molar-refractivity contribution in [1.82, 2.24) is 15.3 Å². The molecule has 0 unspecified atom stereocenters. The van der Waals surface area contributed by atoms with Crippen LogP contribution in [0.3, 0.4) is 0 Å². The van der Waals surface area contributed by atoms with Crippen LogP contribution in [0, 0.1) is 0 Å². The van der Waals surface area contributed by atoms with Gasteiger partial charge >= 0.3 is 0 Å². The SMILES string of the molecule is O=C(CCNc1cncc(Cl)n1)NC1CC1. The minimum absolute atomic E-state index is 0.0741. The normalized spacial score (nSPS) is 14.6. The Balaban J connectivity index is 1.68. The van der Waals surface area contributed by atoms with Crippen molar-refractivity contribution < 1.29 is 4.79 Å². The summed E-state index contributed by atoms with van der Waals surface area (Å²) >= 11 is 5.67. The molecule has 1 aliphatic carbocycles. The predicted octanol–water partition coefficient (Wildman–Crippen LogP) is 1.21. The van der Waals surface area contributed by atoms with Gasteiger partial charge in [0, 0.05) is 19.0 Å². The standard InChI is InChI=1S/C10H13ClN4O/c11-8-5-12-6-9(15-8)13-4-3-10(16)14-7-1-2-7/h5-7H,1-4H2,(H,13,15)(H,14,16). The molecule has 1 aliphatic rings. The second kappa shape index (κ2) is 5.12. The van der Waals surface area contributed by atoms with Crippen LogP contribution >= 0.6 is 11.6 Å². The molecule has 2 rings (SSSR count). The highest BCUT2D eigenvalue weighted by molar-refractivity contribution is 6.29. The lowest BCUT2D eigenvalue weighted by Crippen LogP contribution is -2.27. The van der Waals surface area contributed by atoms with Crippen LogP contribution in [0.1, 0.15) is 19.3 Å². The van der Waals surface area contributed by atoms with Crippen molar-refractivity contribution in [3.05, 3.63) is 17.5 Å². The lowest BCUT2D eigenvalue weighted by atomic mass is 10.4.